The number of amides is 1. The Hall–Kier alpha value is -0.880. The normalized spacial score (nSPS) is 20.9. The van der Waals surface area contributed by atoms with Gasteiger partial charge >= 0.3 is 0 Å². The van der Waals surface area contributed by atoms with E-state index in [0.717, 1.165) is 29.6 Å². The number of ether oxygens (including phenoxy) is 1. The zero-order valence-corrected chi connectivity index (χ0v) is 12.2. The minimum atomic E-state index is -0.308. The van der Waals surface area contributed by atoms with Crippen LogP contribution in [0, 0.1) is 6.92 Å². The summed E-state index contributed by atoms with van der Waals surface area (Å²) in [5, 5.41) is 7.11. The van der Waals surface area contributed by atoms with Gasteiger partial charge in [0.2, 0.25) is 5.91 Å². The molecule has 1 aromatic heterocycles. The van der Waals surface area contributed by atoms with Crippen molar-refractivity contribution < 1.29 is 9.53 Å². The summed E-state index contributed by atoms with van der Waals surface area (Å²) >= 11 is 3.39. The Morgan fingerprint density at radius 2 is 2.56 bits per heavy atom. The second-order valence-electron chi connectivity index (χ2n) is 4.58. The first-order valence-corrected chi connectivity index (χ1v) is 6.98. The van der Waals surface area contributed by atoms with Crippen molar-refractivity contribution in [1.29, 1.82) is 0 Å². The molecule has 0 aliphatic carbocycles. The molecule has 1 aliphatic heterocycles. The zero-order valence-electron chi connectivity index (χ0n) is 10.6. The summed E-state index contributed by atoms with van der Waals surface area (Å²) in [5.41, 5.74) is 0.953. The minimum absolute atomic E-state index is 0.0239. The molecular formula is C12H18BrN3O2. The standard InChI is InChI=1S/C12H18BrN3O2/c1-8-11(13)7-15-16(8)9(2)12(17)14-6-10-4-3-5-18-10/h7,9-10H,3-6H2,1-2H3,(H,14,17)/t9-,10+/m1/s1. The third-order valence-electron chi connectivity index (χ3n) is 3.26. The second kappa shape index (κ2) is 5.84. The van der Waals surface area contributed by atoms with E-state index in [-0.39, 0.29) is 18.1 Å². The molecule has 0 spiro atoms. The van der Waals surface area contributed by atoms with Gasteiger partial charge in [0.1, 0.15) is 6.04 Å². The van der Waals surface area contributed by atoms with E-state index in [1.165, 1.54) is 0 Å². The number of hydrogen-bond acceptors (Lipinski definition) is 3. The number of aromatic nitrogens is 2. The molecule has 0 saturated carbocycles. The lowest BCUT2D eigenvalue weighted by molar-refractivity contribution is -0.124. The fraction of sp³-hybridized carbons (Fsp3) is 0.667. The van der Waals surface area contributed by atoms with E-state index in [4.69, 9.17) is 4.74 Å². The van der Waals surface area contributed by atoms with Crippen LogP contribution < -0.4 is 5.32 Å². The summed E-state index contributed by atoms with van der Waals surface area (Å²) in [4.78, 5) is 12.0. The number of carbonyl (C=O) groups is 1. The number of halogens is 1. The highest BCUT2D eigenvalue weighted by molar-refractivity contribution is 9.10. The summed E-state index contributed by atoms with van der Waals surface area (Å²) in [6, 6.07) is -0.308. The fourth-order valence-electron chi connectivity index (χ4n) is 2.07. The summed E-state index contributed by atoms with van der Waals surface area (Å²) in [5.74, 6) is -0.0239. The number of nitrogens with zero attached hydrogens (tertiary/aromatic N) is 2. The van der Waals surface area contributed by atoms with Crippen LogP contribution >= 0.6 is 15.9 Å². The molecule has 2 heterocycles. The Morgan fingerprint density at radius 1 is 1.78 bits per heavy atom. The molecule has 0 radical (unpaired) electrons. The Morgan fingerprint density at radius 3 is 3.11 bits per heavy atom. The van der Waals surface area contributed by atoms with Crippen LogP contribution in [0.4, 0.5) is 0 Å². The van der Waals surface area contributed by atoms with E-state index in [0.29, 0.717) is 6.54 Å². The maximum absolute atomic E-state index is 12.0. The first-order valence-electron chi connectivity index (χ1n) is 6.18. The van der Waals surface area contributed by atoms with Crippen molar-refractivity contribution in [1.82, 2.24) is 15.1 Å². The lowest BCUT2D eigenvalue weighted by atomic mass is 10.2. The molecule has 0 bridgehead atoms. The molecule has 2 atom stereocenters. The van der Waals surface area contributed by atoms with Crippen LogP contribution in [0.15, 0.2) is 10.7 Å². The van der Waals surface area contributed by atoms with Crippen molar-refractivity contribution in [2.45, 2.75) is 38.8 Å². The Bertz CT molecular complexity index is 427. The third kappa shape index (κ3) is 2.92. The molecule has 0 aromatic carbocycles. The summed E-state index contributed by atoms with van der Waals surface area (Å²) < 4.78 is 8.11. The van der Waals surface area contributed by atoms with Gasteiger partial charge in [-0.3, -0.25) is 9.48 Å². The van der Waals surface area contributed by atoms with E-state index in [1.54, 1.807) is 10.9 Å². The van der Waals surface area contributed by atoms with Crippen LogP contribution in [0.2, 0.25) is 0 Å². The summed E-state index contributed by atoms with van der Waals surface area (Å²) in [7, 11) is 0. The monoisotopic (exact) mass is 315 g/mol. The Labute approximate surface area is 115 Å². The molecule has 5 nitrogen and oxygen atoms in total. The van der Waals surface area contributed by atoms with Crippen LogP contribution in [-0.2, 0) is 9.53 Å². The smallest absolute Gasteiger partial charge is 0.244 e. The highest BCUT2D eigenvalue weighted by Crippen LogP contribution is 2.18. The maximum atomic E-state index is 12.0. The molecule has 1 saturated heterocycles. The zero-order chi connectivity index (χ0) is 13.1. The topological polar surface area (TPSA) is 56.2 Å². The SMILES string of the molecule is Cc1c(Br)cnn1[C@H](C)C(=O)NC[C@@H]1CCCO1. The number of carbonyl (C=O) groups excluding carboxylic acids is 1. The van der Waals surface area contributed by atoms with Gasteiger partial charge in [-0.25, -0.2) is 0 Å². The number of rotatable bonds is 4. The van der Waals surface area contributed by atoms with Crippen LogP contribution in [0.25, 0.3) is 0 Å². The highest BCUT2D eigenvalue weighted by Gasteiger charge is 2.21. The molecule has 100 valence electrons. The highest BCUT2D eigenvalue weighted by atomic mass is 79.9. The Balaban J connectivity index is 1.90. The first kappa shape index (κ1) is 13.5. The van der Waals surface area contributed by atoms with E-state index >= 15 is 0 Å². The van der Waals surface area contributed by atoms with Crippen molar-refractivity contribution in [2.75, 3.05) is 13.2 Å². The summed E-state index contributed by atoms with van der Waals surface area (Å²) in [6.45, 7) is 5.17. The van der Waals surface area contributed by atoms with E-state index in [1.807, 2.05) is 13.8 Å². The van der Waals surface area contributed by atoms with Gasteiger partial charge < -0.3 is 10.1 Å². The minimum Gasteiger partial charge on any atom is -0.376 e. The van der Waals surface area contributed by atoms with Gasteiger partial charge in [-0.05, 0) is 42.6 Å². The van der Waals surface area contributed by atoms with E-state index in [2.05, 4.69) is 26.3 Å². The molecule has 18 heavy (non-hydrogen) atoms. The van der Waals surface area contributed by atoms with Crippen molar-refractivity contribution in [3.05, 3.63) is 16.4 Å². The quantitative estimate of drug-likeness (QED) is 0.922. The van der Waals surface area contributed by atoms with Crippen LogP contribution in [0.3, 0.4) is 0 Å². The first-order chi connectivity index (χ1) is 8.59. The fourth-order valence-corrected chi connectivity index (χ4v) is 2.34. The van der Waals surface area contributed by atoms with Crippen molar-refractivity contribution in [3.63, 3.8) is 0 Å². The third-order valence-corrected chi connectivity index (χ3v) is 4.04. The Kier molecular flexibility index (Phi) is 4.40. The predicted molar refractivity (Wildman–Crippen MR) is 71.4 cm³/mol. The van der Waals surface area contributed by atoms with Gasteiger partial charge in [-0.1, -0.05) is 0 Å². The van der Waals surface area contributed by atoms with Gasteiger partial charge in [-0.15, -0.1) is 0 Å². The van der Waals surface area contributed by atoms with E-state index < -0.39 is 0 Å². The lowest BCUT2D eigenvalue weighted by Gasteiger charge is -2.16. The molecule has 1 N–H and O–H groups in total. The summed E-state index contributed by atoms with van der Waals surface area (Å²) in [6.07, 6.45) is 3.99. The maximum Gasteiger partial charge on any atom is 0.244 e. The van der Waals surface area contributed by atoms with Crippen LogP contribution in [0.5, 0.6) is 0 Å². The van der Waals surface area contributed by atoms with Crippen molar-refractivity contribution in [3.8, 4) is 0 Å². The van der Waals surface area contributed by atoms with Gasteiger partial charge in [0.05, 0.1) is 22.5 Å². The lowest BCUT2D eigenvalue weighted by Crippen LogP contribution is -2.36. The average molecular weight is 316 g/mol. The molecule has 0 unspecified atom stereocenters. The van der Waals surface area contributed by atoms with Crippen LogP contribution in [-0.4, -0.2) is 34.9 Å². The van der Waals surface area contributed by atoms with Crippen LogP contribution in [0.1, 0.15) is 31.5 Å². The molecule has 1 aliphatic rings. The van der Waals surface area contributed by atoms with Gasteiger partial charge in [0, 0.05) is 13.2 Å². The largest absolute Gasteiger partial charge is 0.376 e. The van der Waals surface area contributed by atoms with Gasteiger partial charge in [-0.2, -0.15) is 5.10 Å². The van der Waals surface area contributed by atoms with Gasteiger partial charge in [0.25, 0.3) is 0 Å². The average Bonchev–Trinajstić information content (AvgIpc) is 2.97. The molecular weight excluding hydrogens is 298 g/mol. The van der Waals surface area contributed by atoms with Crippen molar-refractivity contribution in [2.24, 2.45) is 0 Å². The molecule has 1 amide bonds. The molecule has 6 heteroatoms. The molecule has 1 aromatic rings. The molecule has 1 fully saturated rings. The predicted octanol–water partition coefficient (Wildman–Crippen LogP) is 1.81. The number of hydrogen-bond donors (Lipinski definition) is 1. The number of nitrogens with one attached hydrogen (secondary N) is 1. The second-order valence-corrected chi connectivity index (χ2v) is 5.43. The van der Waals surface area contributed by atoms with E-state index in [9.17, 15) is 4.79 Å². The molecule has 2 rings (SSSR count). The van der Waals surface area contributed by atoms with Gasteiger partial charge in [0.15, 0.2) is 0 Å². The van der Waals surface area contributed by atoms with Crippen molar-refractivity contribution >= 4 is 21.8 Å².